The van der Waals surface area contributed by atoms with E-state index in [0.29, 0.717) is 18.7 Å². The number of aryl methyl sites for hydroxylation is 1. The summed E-state index contributed by atoms with van der Waals surface area (Å²) in [4.78, 5) is 22.9. The highest BCUT2D eigenvalue weighted by Gasteiger charge is 2.33. The Labute approximate surface area is 112 Å². The highest BCUT2D eigenvalue weighted by atomic mass is 16.4. The van der Waals surface area contributed by atoms with Crippen molar-refractivity contribution in [2.75, 3.05) is 6.54 Å². The van der Waals surface area contributed by atoms with Gasteiger partial charge in [0.05, 0.1) is 5.92 Å². The molecule has 2 unspecified atom stereocenters. The monoisotopic (exact) mass is 265 g/mol. The summed E-state index contributed by atoms with van der Waals surface area (Å²) in [5.74, 6) is -0.264. The zero-order valence-corrected chi connectivity index (χ0v) is 11.0. The summed E-state index contributed by atoms with van der Waals surface area (Å²) < 4.78 is 5.36. The van der Waals surface area contributed by atoms with E-state index in [0.717, 1.165) is 25.0 Å². The molecule has 1 aromatic rings. The van der Waals surface area contributed by atoms with Crippen LogP contribution in [-0.2, 0) is 11.2 Å². The summed E-state index contributed by atoms with van der Waals surface area (Å²) in [5.41, 5.74) is 0. The Morgan fingerprint density at radius 3 is 2.84 bits per heavy atom. The van der Waals surface area contributed by atoms with Gasteiger partial charge in [-0.05, 0) is 30.9 Å². The third-order valence-corrected chi connectivity index (χ3v) is 3.73. The molecule has 1 heterocycles. The van der Waals surface area contributed by atoms with E-state index in [1.165, 1.54) is 0 Å². The van der Waals surface area contributed by atoms with Crippen molar-refractivity contribution < 1.29 is 19.1 Å². The van der Waals surface area contributed by atoms with Crippen molar-refractivity contribution in [2.45, 2.75) is 32.6 Å². The summed E-state index contributed by atoms with van der Waals surface area (Å²) in [6.07, 6.45) is 3.22. The molecule has 19 heavy (non-hydrogen) atoms. The van der Waals surface area contributed by atoms with Crippen molar-refractivity contribution >= 4 is 11.9 Å². The molecule has 104 valence electrons. The first-order valence-electron chi connectivity index (χ1n) is 6.71. The highest BCUT2D eigenvalue weighted by Crippen LogP contribution is 2.31. The fourth-order valence-electron chi connectivity index (χ4n) is 2.61. The molecule has 0 aliphatic heterocycles. The number of amides is 1. The van der Waals surface area contributed by atoms with Gasteiger partial charge in [-0.15, -0.1) is 0 Å². The third kappa shape index (κ3) is 3.16. The lowest BCUT2D eigenvalue weighted by molar-refractivity contribution is -0.142. The normalized spacial score (nSPS) is 22.4. The van der Waals surface area contributed by atoms with Gasteiger partial charge in [0.25, 0.3) is 5.91 Å². The standard InChI is InChI=1S/C14H19NO4/c1-2-10-6-7-12(19-10)13(16)15-8-9-4-3-5-11(9)14(17)18/h6-7,9,11H,2-5,8H2,1H3,(H,15,16)(H,17,18). The van der Waals surface area contributed by atoms with Crippen LogP contribution in [-0.4, -0.2) is 23.5 Å². The molecule has 1 aliphatic rings. The van der Waals surface area contributed by atoms with E-state index in [1.54, 1.807) is 12.1 Å². The van der Waals surface area contributed by atoms with Crippen LogP contribution in [0.1, 0.15) is 42.5 Å². The van der Waals surface area contributed by atoms with Gasteiger partial charge in [-0.2, -0.15) is 0 Å². The van der Waals surface area contributed by atoms with Crippen molar-refractivity contribution in [3.63, 3.8) is 0 Å². The van der Waals surface area contributed by atoms with Crippen LogP contribution in [0.4, 0.5) is 0 Å². The molecule has 1 aliphatic carbocycles. The number of aliphatic carboxylic acids is 1. The first kappa shape index (κ1) is 13.6. The summed E-state index contributed by atoms with van der Waals surface area (Å²) >= 11 is 0. The van der Waals surface area contributed by atoms with Gasteiger partial charge in [0.15, 0.2) is 5.76 Å². The lowest BCUT2D eigenvalue weighted by Gasteiger charge is -2.15. The van der Waals surface area contributed by atoms with E-state index in [2.05, 4.69) is 5.32 Å². The predicted molar refractivity (Wildman–Crippen MR) is 68.9 cm³/mol. The molecular weight excluding hydrogens is 246 g/mol. The van der Waals surface area contributed by atoms with Crippen LogP contribution >= 0.6 is 0 Å². The zero-order chi connectivity index (χ0) is 13.8. The fourth-order valence-corrected chi connectivity index (χ4v) is 2.61. The maximum atomic E-state index is 11.9. The van der Waals surface area contributed by atoms with Gasteiger partial charge in [-0.1, -0.05) is 13.3 Å². The molecular formula is C14H19NO4. The minimum absolute atomic E-state index is 0.0297. The topological polar surface area (TPSA) is 79.5 Å². The number of nitrogens with one attached hydrogen (secondary N) is 1. The Kier molecular flexibility index (Phi) is 4.24. The van der Waals surface area contributed by atoms with Crippen LogP contribution in [0.5, 0.6) is 0 Å². The Bertz CT molecular complexity index is 466. The van der Waals surface area contributed by atoms with Gasteiger partial charge in [0, 0.05) is 13.0 Å². The zero-order valence-electron chi connectivity index (χ0n) is 11.0. The highest BCUT2D eigenvalue weighted by molar-refractivity contribution is 5.91. The largest absolute Gasteiger partial charge is 0.481 e. The quantitative estimate of drug-likeness (QED) is 0.854. The fraction of sp³-hybridized carbons (Fsp3) is 0.571. The Hall–Kier alpha value is -1.78. The molecule has 2 N–H and O–H groups in total. The molecule has 0 bridgehead atoms. The van der Waals surface area contributed by atoms with Crippen molar-refractivity contribution in [1.29, 1.82) is 0 Å². The van der Waals surface area contributed by atoms with Crippen LogP contribution in [0.15, 0.2) is 16.5 Å². The second-order valence-corrected chi connectivity index (χ2v) is 4.97. The van der Waals surface area contributed by atoms with Gasteiger partial charge in [0.1, 0.15) is 5.76 Å². The minimum atomic E-state index is -0.761. The number of carboxylic acid groups (broad SMARTS) is 1. The lowest BCUT2D eigenvalue weighted by atomic mass is 9.96. The van der Waals surface area contributed by atoms with E-state index < -0.39 is 5.97 Å². The lowest BCUT2D eigenvalue weighted by Crippen LogP contribution is -2.32. The van der Waals surface area contributed by atoms with E-state index in [1.807, 2.05) is 6.92 Å². The van der Waals surface area contributed by atoms with E-state index in [9.17, 15) is 9.59 Å². The molecule has 0 radical (unpaired) electrons. The second kappa shape index (κ2) is 5.91. The molecule has 5 heteroatoms. The molecule has 2 rings (SSSR count). The molecule has 1 saturated carbocycles. The number of hydrogen-bond acceptors (Lipinski definition) is 3. The smallest absolute Gasteiger partial charge is 0.306 e. The Morgan fingerprint density at radius 2 is 2.21 bits per heavy atom. The molecule has 1 fully saturated rings. The van der Waals surface area contributed by atoms with Crippen molar-refractivity contribution in [2.24, 2.45) is 11.8 Å². The number of carboxylic acids is 1. The van der Waals surface area contributed by atoms with Gasteiger partial charge in [0.2, 0.25) is 0 Å². The van der Waals surface area contributed by atoms with E-state index in [-0.39, 0.29) is 17.7 Å². The molecule has 0 aromatic carbocycles. The second-order valence-electron chi connectivity index (χ2n) is 4.97. The first-order valence-corrected chi connectivity index (χ1v) is 6.71. The Morgan fingerprint density at radius 1 is 1.42 bits per heavy atom. The summed E-state index contributed by atoms with van der Waals surface area (Å²) in [6, 6.07) is 3.43. The van der Waals surface area contributed by atoms with Crippen LogP contribution in [0.2, 0.25) is 0 Å². The number of carbonyl (C=O) groups is 2. The van der Waals surface area contributed by atoms with Gasteiger partial charge in [-0.25, -0.2) is 0 Å². The van der Waals surface area contributed by atoms with Crippen LogP contribution in [0.25, 0.3) is 0 Å². The van der Waals surface area contributed by atoms with Crippen LogP contribution in [0, 0.1) is 11.8 Å². The van der Waals surface area contributed by atoms with Gasteiger partial charge in [-0.3, -0.25) is 9.59 Å². The van der Waals surface area contributed by atoms with Crippen LogP contribution in [0.3, 0.4) is 0 Å². The van der Waals surface area contributed by atoms with E-state index in [4.69, 9.17) is 9.52 Å². The van der Waals surface area contributed by atoms with Crippen LogP contribution < -0.4 is 5.32 Å². The summed E-state index contributed by atoms with van der Waals surface area (Å²) in [6.45, 7) is 2.36. The molecule has 1 aromatic heterocycles. The first-order chi connectivity index (χ1) is 9.11. The summed E-state index contributed by atoms with van der Waals surface area (Å²) in [5, 5.41) is 11.8. The van der Waals surface area contributed by atoms with E-state index >= 15 is 0 Å². The molecule has 1 amide bonds. The van der Waals surface area contributed by atoms with Crippen molar-refractivity contribution in [3.05, 3.63) is 23.7 Å². The maximum Gasteiger partial charge on any atom is 0.306 e. The van der Waals surface area contributed by atoms with Gasteiger partial charge >= 0.3 is 5.97 Å². The number of carbonyl (C=O) groups excluding carboxylic acids is 1. The average molecular weight is 265 g/mol. The number of hydrogen-bond donors (Lipinski definition) is 2. The number of furan rings is 1. The Balaban J connectivity index is 1.88. The average Bonchev–Trinajstić information content (AvgIpc) is 3.04. The minimum Gasteiger partial charge on any atom is -0.481 e. The predicted octanol–water partition coefficient (Wildman–Crippen LogP) is 2.07. The molecule has 0 saturated heterocycles. The van der Waals surface area contributed by atoms with Gasteiger partial charge < -0.3 is 14.8 Å². The summed E-state index contributed by atoms with van der Waals surface area (Å²) in [7, 11) is 0. The third-order valence-electron chi connectivity index (χ3n) is 3.73. The maximum absolute atomic E-state index is 11.9. The number of rotatable bonds is 5. The van der Waals surface area contributed by atoms with Crippen molar-refractivity contribution in [3.8, 4) is 0 Å². The molecule has 0 spiro atoms. The molecule has 2 atom stereocenters. The molecule has 5 nitrogen and oxygen atoms in total. The SMILES string of the molecule is CCc1ccc(C(=O)NCC2CCCC2C(=O)O)o1. The van der Waals surface area contributed by atoms with Crippen molar-refractivity contribution in [1.82, 2.24) is 5.32 Å².